The Bertz CT molecular complexity index is 379. The third-order valence-corrected chi connectivity index (χ3v) is 3.86. The number of ether oxygens (including phenoxy) is 1. The number of carbonyl (C=O) groups is 1. The number of hydrogen-bond acceptors (Lipinski definition) is 6. The van der Waals surface area contributed by atoms with Crippen molar-refractivity contribution >= 4 is 15.8 Å². The summed E-state index contributed by atoms with van der Waals surface area (Å²) in [6.07, 6.45) is 1.60. The molecule has 0 saturated carbocycles. The third kappa shape index (κ3) is 6.32. The van der Waals surface area contributed by atoms with Crippen LogP contribution >= 0.6 is 0 Å². The quantitative estimate of drug-likeness (QED) is 0.640. The number of methoxy groups -OCH3 is 1. The minimum atomic E-state index is -2.98. The maximum absolute atomic E-state index is 11.4. The maximum atomic E-state index is 11.4. The smallest absolute Gasteiger partial charge is 0.325 e. The van der Waals surface area contributed by atoms with Gasteiger partial charge in [0.1, 0.15) is 15.4 Å². The van der Waals surface area contributed by atoms with Crippen LogP contribution in [0.1, 0.15) is 20.3 Å². The lowest BCUT2D eigenvalue weighted by Gasteiger charge is -2.30. The van der Waals surface area contributed by atoms with Gasteiger partial charge in [0, 0.05) is 18.8 Å². The van der Waals surface area contributed by atoms with Crippen molar-refractivity contribution in [2.75, 3.05) is 32.7 Å². The molecular formula is C11H24N2O4S. The van der Waals surface area contributed by atoms with Crippen LogP contribution in [0.5, 0.6) is 0 Å². The van der Waals surface area contributed by atoms with Gasteiger partial charge >= 0.3 is 5.97 Å². The van der Waals surface area contributed by atoms with Crippen molar-refractivity contribution in [3.63, 3.8) is 0 Å². The summed E-state index contributed by atoms with van der Waals surface area (Å²) in [7, 11) is 0.124. The van der Waals surface area contributed by atoms with E-state index in [1.807, 2.05) is 18.9 Å². The van der Waals surface area contributed by atoms with Gasteiger partial charge in [-0.2, -0.15) is 0 Å². The number of hydrogen-bond donors (Lipinski definition) is 1. The highest BCUT2D eigenvalue weighted by Gasteiger charge is 2.32. The SMILES string of the molecule is COC(=O)C(C)(N)CC(C)N(C)CCS(C)(=O)=O. The van der Waals surface area contributed by atoms with E-state index in [1.54, 1.807) is 6.92 Å². The maximum Gasteiger partial charge on any atom is 0.325 e. The Balaban J connectivity index is 4.40. The van der Waals surface area contributed by atoms with Crippen molar-refractivity contribution in [2.24, 2.45) is 5.73 Å². The van der Waals surface area contributed by atoms with Crippen molar-refractivity contribution in [3.8, 4) is 0 Å². The molecule has 0 saturated heterocycles. The highest BCUT2D eigenvalue weighted by atomic mass is 32.2. The molecule has 0 amide bonds. The van der Waals surface area contributed by atoms with E-state index in [4.69, 9.17) is 5.73 Å². The fourth-order valence-corrected chi connectivity index (χ4v) is 2.24. The zero-order valence-electron chi connectivity index (χ0n) is 11.8. The minimum Gasteiger partial charge on any atom is -0.468 e. The molecule has 0 aliphatic heterocycles. The van der Waals surface area contributed by atoms with Crippen LogP contribution in [0.4, 0.5) is 0 Å². The van der Waals surface area contributed by atoms with Crippen LogP contribution in [0.15, 0.2) is 0 Å². The van der Waals surface area contributed by atoms with Gasteiger partial charge in [-0.1, -0.05) is 0 Å². The molecule has 0 bridgehead atoms. The summed E-state index contributed by atoms with van der Waals surface area (Å²) in [6.45, 7) is 3.92. The monoisotopic (exact) mass is 280 g/mol. The lowest BCUT2D eigenvalue weighted by molar-refractivity contribution is -0.147. The van der Waals surface area contributed by atoms with Crippen molar-refractivity contribution < 1.29 is 17.9 Å². The number of carbonyl (C=O) groups excluding carboxylic acids is 1. The molecule has 0 spiro atoms. The van der Waals surface area contributed by atoms with Crippen LogP contribution in [0.3, 0.4) is 0 Å². The minimum absolute atomic E-state index is 0.0131. The van der Waals surface area contributed by atoms with Crippen LogP contribution in [-0.4, -0.2) is 63.6 Å². The molecule has 0 aromatic heterocycles. The first-order valence-corrected chi connectivity index (χ1v) is 7.81. The Kier molecular flexibility index (Phi) is 6.25. The van der Waals surface area contributed by atoms with Gasteiger partial charge < -0.3 is 15.4 Å². The number of sulfone groups is 1. The molecule has 18 heavy (non-hydrogen) atoms. The van der Waals surface area contributed by atoms with Crippen LogP contribution in [0, 0.1) is 0 Å². The van der Waals surface area contributed by atoms with Gasteiger partial charge in [0.25, 0.3) is 0 Å². The molecule has 7 heteroatoms. The number of rotatable bonds is 7. The van der Waals surface area contributed by atoms with E-state index in [9.17, 15) is 13.2 Å². The first kappa shape index (κ1) is 17.3. The van der Waals surface area contributed by atoms with E-state index in [1.165, 1.54) is 13.4 Å². The zero-order chi connectivity index (χ0) is 14.6. The fraction of sp³-hybridized carbons (Fsp3) is 0.909. The standard InChI is InChI=1S/C11H24N2O4S/c1-9(8-11(2,12)10(14)17-4)13(3)6-7-18(5,15)16/h9H,6-8,12H2,1-5H3. The van der Waals surface area contributed by atoms with Crippen molar-refractivity contribution in [2.45, 2.75) is 31.8 Å². The number of nitrogens with zero attached hydrogens (tertiary/aromatic N) is 1. The largest absolute Gasteiger partial charge is 0.468 e. The average molecular weight is 280 g/mol. The second kappa shape index (κ2) is 6.49. The summed E-state index contributed by atoms with van der Waals surface area (Å²) in [5.74, 6) is -0.376. The first-order valence-electron chi connectivity index (χ1n) is 5.75. The molecule has 0 radical (unpaired) electrons. The molecule has 2 N–H and O–H groups in total. The molecule has 0 aromatic rings. The van der Waals surface area contributed by atoms with E-state index in [0.29, 0.717) is 13.0 Å². The topological polar surface area (TPSA) is 89.7 Å². The van der Waals surface area contributed by atoms with Crippen molar-refractivity contribution in [3.05, 3.63) is 0 Å². The van der Waals surface area contributed by atoms with Gasteiger partial charge in [0.15, 0.2) is 0 Å². The summed E-state index contributed by atoms with van der Waals surface area (Å²) in [5, 5.41) is 0. The summed E-state index contributed by atoms with van der Waals surface area (Å²) in [4.78, 5) is 13.3. The summed E-state index contributed by atoms with van der Waals surface area (Å²) in [6, 6.07) is -0.0131. The predicted octanol–water partition coefficient (Wildman–Crippen LogP) is -0.368. The van der Waals surface area contributed by atoms with E-state index < -0.39 is 21.3 Å². The van der Waals surface area contributed by atoms with Gasteiger partial charge in [0.2, 0.25) is 0 Å². The average Bonchev–Trinajstić information content (AvgIpc) is 2.22. The molecule has 0 fully saturated rings. The summed E-state index contributed by atoms with van der Waals surface area (Å²) in [5.41, 5.74) is 4.81. The Morgan fingerprint density at radius 2 is 2.00 bits per heavy atom. The Morgan fingerprint density at radius 1 is 1.50 bits per heavy atom. The molecule has 0 rings (SSSR count). The van der Waals surface area contributed by atoms with E-state index >= 15 is 0 Å². The Labute approximate surface area is 109 Å². The lowest BCUT2D eigenvalue weighted by atomic mass is 9.94. The highest BCUT2D eigenvalue weighted by Crippen LogP contribution is 2.14. The Hall–Kier alpha value is -0.660. The molecule has 2 unspecified atom stereocenters. The molecule has 108 valence electrons. The van der Waals surface area contributed by atoms with Crippen molar-refractivity contribution in [1.82, 2.24) is 4.90 Å². The third-order valence-electron chi connectivity index (χ3n) is 2.94. The molecule has 0 heterocycles. The summed E-state index contributed by atoms with van der Waals surface area (Å²) < 4.78 is 26.8. The van der Waals surface area contributed by atoms with Crippen LogP contribution in [0.25, 0.3) is 0 Å². The second-order valence-electron chi connectivity index (χ2n) is 5.07. The van der Waals surface area contributed by atoms with E-state index in [2.05, 4.69) is 4.74 Å². The summed E-state index contributed by atoms with van der Waals surface area (Å²) >= 11 is 0. The lowest BCUT2D eigenvalue weighted by Crippen LogP contribution is -2.50. The number of esters is 1. The van der Waals surface area contributed by atoms with Crippen molar-refractivity contribution in [1.29, 1.82) is 0 Å². The van der Waals surface area contributed by atoms with E-state index in [-0.39, 0.29) is 11.8 Å². The number of nitrogens with two attached hydrogens (primary N) is 1. The molecule has 0 aliphatic carbocycles. The second-order valence-corrected chi connectivity index (χ2v) is 7.33. The molecule has 0 aromatic carbocycles. The van der Waals surface area contributed by atoms with Gasteiger partial charge in [-0.3, -0.25) is 4.79 Å². The highest BCUT2D eigenvalue weighted by molar-refractivity contribution is 7.90. The molecule has 0 aliphatic rings. The predicted molar refractivity (Wildman–Crippen MR) is 71.0 cm³/mol. The van der Waals surface area contributed by atoms with E-state index in [0.717, 1.165) is 0 Å². The molecular weight excluding hydrogens is 256 g/mol. The van der Waals surface area contributed by atoms with Crippen LogP contribution < -0.4 is 5.73 Å². The normalized spacial score (nSPS) is 17.3. The van der Waals surface area contributed by atoms with Crippen LogP contribution in [-0.2, 0) is 19.4 Å². The van der Waals surface area contributed by atoms with Crippen LogP contribution in [0.2, 0.25) is 0 Å². The van der Waals surface area contributed by atoms with Gasteiger partial charge in [-0.15, -0.1) is 0 Å². The van der Waals surface area contributed by atoms with Gasteiger partial charge in [-0.25, -0.2) is 8.42 Å². The van der Waals surface area contributed by atoms with Gasteiger partial charge in [0.05, 0.1) is 12.9 Å². The zero-order valence-corrected chi connectivity index (χ0v) is 12.6. The fourth-order valence-electron chi connectivity index (χ4n) is 1.62. The molecule has 2 atom stereocenters. The van der Waals surface area contributed by atoms with Gasteiger partial charge in [-0.05, 0) is 27.3 Å². The molecule has 6 nitrogen and oxygen atoms in total. The first-order chi connectivity index (χ1) is 7.99. The Morgan fingerprint density at radius 3 is 2.39 bits per heavy atom.